The zero-order valence-electron chi connectivity index (χ0n) is 8.86. The molecule has 4 heteroatoms. The number of hydrogen-bond acceptors (Lipinski definition) is 2. The van der Waals surface area contributed by atoms with E-state index in [1.807, 2.05) is 12.1 Å². The third-order valence-electron chi connectivity index (χ3n) is 2.28. The number of aromatic hydroxyl groups is 1. The van der Waals surface area contributed by atoms with E-state index in [1.54, 1.807) is 24.3 Å². The molecule has 0 radical (unpaired) electrons. The molecule has 0 unspecified atom stereocenters. The van der Waals surface area contributed by atoms with Crippen LogP contribution < -0.4 is 0 Å². The Morgan fingerprint density at radius 3 is 2.65 bits per heavy atom. The maximum atomic E-state index is 13.2. The molecule has 0 aliphatic heterocycles. The van der Waals surface area contributed by atoms with Crippen molar-refractivity contribution in [1.29, 1.82) is 0 Å². The number of rotatable bonds is 3. The van der Waals surface area contributed by atoms with E-state index in [4.69, 9.17) is 11.6 Å². The van der Waals surface area contributed by atoms with Gasteiger partial charge in [0.15, 0.2) is 0 Å². The zero-order valence-corrected chi connectivity index (χ0v) is 10.4. The van der Waals surface area contributed by atoms with Crippen LogP contribution in [0.25, 0.3) is 0 Å². The van der Waals surface area contributed by atoms with Crippen LogP contribution in [0.3, 0.4) is 0 Å². The van der Waals surface area contributed by atoms with Gasteiger partial charge in [0.05, 0.1) is 5.02 Å². The third kappa shape index (κ3) is 2.93. The van der Waals surface area contributed by atoms with Crippen LogP contribution in [0.4, 0.5) is 4.39 Å². The molecule has 0 aromatic heterocycles. The lowest BCUT2D eigenvalue weighted by molar-refractivity contribution is 0.462. The molecule has 0 atom stereocenters. The maximum Gasteiger partial charge on any atom is 0.142 e. The highest BCUT2D eigenvalue weighted by atomic mass is 35.5. The van der Waals surface area contributed by atoms with Crippen molar-refractivity contribution in [2.24, 2.45) is 0 Å². The van der Waals surface area contributed by atoms with Crippen molar-refractivity contribution in [3.05, 3.63) is 58.9 Å². The summed E-state index contributed by atoms with van der Waals surface area (Å²) in [5.41, 5.74) is 0.722. The highest BCUT2D eigenvalue weighted by Crippen LogP contribution is 2.32. The Labute approximate surface area is 108 Å². The van der Waals surface area contributed by atoms with E-state index in [-0.39, 0.29) is 10.8 Å². The molecule has 0 bridgehead atoms. The van der Waals surface area contributed by atoms with Gasteiger partial charge in [-0.15, -0.1) is 11.8 Å². The normalized spacial score (nSPS) is 10.5. The lowest BCUT2D eigenvalue weighted by atomic mass is 10.2. The van der Waals surface area contributed by atoms with Crippen LogP contribution in [-0.4, -0.2) is 5.11 Å². The summed E-state index contributed by atoms with van der Waals surface area (Å²) in [5, 5.41) is 9.73. The molecule has 2 aromatic carbocycles. The highest BCUT2D eigenvalue weighted by molar-refractivity contribution is 7.98. The van der Waals surface area contributed by atoms with Gasteiger partial charge in [0.2, 0.25) is 0 Å². The van der Waals surface area contributed by atoms with Gasteiger partial charge in [-0.2, -0.15) is 0 Å². The van der Waals surface area contributed by atoms with Gasteiger partial charge >= 0.3 is 0 Å². The molecule has 2 aromatic rings. The van der Waals surface area contributed by atoms with Gasteiger partial charge in [-0.25, -0.2) is 4.39 Å². The predicted octanol–water partition coefficient (Wildman–Crippen LogP) is 4.48. The summed E-state index contributed by atoms with van der Waals surface area (Å²) in [6.45, 7) is 0. The summed E-state index contributed by atoms with van der Waals surface area (Å²) in [5.74, 6) is 0.334. The summed E-state index contributed by atoms with van der Waals surface area (Å²) >= 11 is 7.27. The lowest BCUT2D eigenvalue weighted by Crippen LogP contribution is -1.86. The van der Waals surface area contributed by atoms with Gasteiger partial charge < -0.3 is 5.11 Å². The second-order valence-corrected chi connectivity index (χ2v) is 4.86. The molecule has 1 N–H and O–H groups in total. The molecule has 0 amide bonds. The van der Waals surface area contributed by atoms with Crippen molar-refractivity contribution in [3.8, 4) is 5.75 Å². The second-order valence-electron chi connectivity index (χ2n) is 3.47. The van der Waals surface area contributed by atoms with Crippen molar-refractivity contribution in [3.63, 3.8) is 0 Å². The predicted molar refractivity (Wildman–Crippen MR) is 69.1 cm³/mol. The largest absolute Gasteiger partial charge is 0.507 e. The Hall–Kier alpha value is -1.19. The fraction of sp³-hybridized carbons (Fsp3) is 0.0769. The first-order valence-electron chi connectivity index (χ1n) is 5.02. The van der Waals surface area contributed by atoms with Crippen LogP contribution >= 0.6 is 23.4 Å². The average Bonchev–Trinajstić information content (AvgIpc) is 2.33. The van der Waals surface area contributed by atoms with Crippen molar-refractivity contribution in [1.82, 2.24) is 0 Å². The van der Waals surface area contributed by atoms with Crippen molar-refractivity contribution < 1.29 is 9.50 Å². The minimum Gasteiger partial charge on any atom is -0.507 e. The molecule has 0 saturated heterocycles. The second kappa shape index (κ2) is 5.43. The first kappa shape index (κ1) is 12.3. The number of para-hydroxylation sites is 1. The number of benzene rings is 2. The first-order chi connectivity index (χ1) is 8.18. The number of phenolic OH excluding ortho intramolecular Hbond substituents is 1. The van der Waals surface area contributed by atoms with Crippen LogP contribution in [0.1, 0.15) is 5.56 Å². The summed E-state index contributed by atoms with van der Waals surface area (Å²) in [6.07, 6.45) is 0. The van der Waals surface area contributed by atoms with E-state index < -0.39 is 5.82 Å². The number of hydrogen-bond donors (Lipinski definition) is 1. The molecule has 0 spiro atoms. The van der Waals surface area contributed by atoms with Crippen LogP contribution in [0.5, 0.6) is 5.75 Å². The fourth-order valence-electron chi connectivity index (χ4n) is 1.39. The van der Waals surface area contributed by atoms with Gasteiger partial charge in [0.1, 0.15) is 11.6 Å². The van der Waals surface area contributed by atoms with Gasteiger partial charge in [0, 0.05) is 10.6 Å². The van der Waals surface area contributed by atoms with E-state index in [2.05, 4.69) is 0 Å². The van der Waals surface area contributed by atoms with E-state index in [1.165, 1.54) is 17.8 Å². The SMILES string of the molecule is Oc1ccccc1SCc1cccc(F)c1Cl. The molecule has 17 heavy (non-hydrogen) atoms. The number of thioether (sulfide) groups is 1. The fourth-order valence-corrected chi connectivity index (χ4v) is 2.61. The van der Waals surface area contributed by atoms with Crippen molar-refractivity contribution in [2.45, 2.75) is 10.6 Å². The van der Waals surface area contributed by atoms with Crippen molar-refractivity contribution >= 4 is 23.4 Å². The molecule has 2 rings (SSSR count). The minimum absolute atomic E-state index is 0.149. The number of halogens is 2. The lowest BCUT2D eigenvalue weighted by Gasteiger charge is -2.06. The summed E-state index contributed by atoms with van der Waals surface area (Å²) in [4.78, 5) is 0.757. The van der Waals surface area contributed by atoms with Gasteiger partial charge in [0.25, 0.3) is 0 Å². The minimum atomic E-state index is -0.415. The van der Waals surface area contributed by atoms with Crippen LogP contribution in [0.15, 0.2) is 47.4 Å². The number of phenols is 1. The molecule has 0 saturated carbocycles. The van der Waals surface area contributed by atoms with E-state index in [0.717, 1.165) is 10.5 Å². The van der Waals surface area contributed by atoms with E-state index in [0.29, 0.717) is 5.75 Å². The monoisotopic (exact) mass is 268 g/mol. The molecule has 0 fully saturated rings. The van der Waals surface area contributed by atoms with Crippen LogP contribution in [0.2, 0.25) is 5.02 Å². The quantitative estimate of drug-likeness (QED) is 0.829. The summed E-state index contributed by atoms with van der Waals surface area (Å²) in [6, 6.07) is 11.8. The Bertz CT molecular complexity index is 531. The van der Waals surface area contributed by atoms with Crippen LogP contribution in [-0.2, 0) is 5.75 Å². The molecular weight excluding hydrogens is 259 g/mol. The average molecular weight is 269 g/mol. The van der Waals surface area contributed by atoms with E-state index >= 15 is 0 Å². The Kier molecular flexibility index (Phi) is 3.92. The van der Waals surface area contributed by atoms with E-state index in [9.17, 15) is 9.50 Å². The summed E-state index contributed by atoms with van der Waals surface area (Å²) in [7, 11) is 0. The molecule has 1 nitrogen and oxygen atoms in total. The molecular formula is C13H10ClFOS. The third-order valence-corrected chi connectivity index (χ3v) is 3.81. The molecule has 0 heterocycles. The Balaban J connectivity index is 2.13. The van der Waals surface area contributed by atoms with Crippen LogP contribution in [0, 0.1) is 5.82 Å². The van der Waals surface area contributed by atoms with Crippen molar-refractivity contribution in [2.75, 3.05) is 0 Å². The molecule has 0 aliphatic carbocycles. The maximum absolute atomic E-state index is 13.2. The van der Waals surface area contributed by atoms with Gasteiger partial charge in [-0.3, -0.25) is 0 Å². The highest BCUT2D eigenvalue weighted by Gasteiger charge is 2.07. The molecule has 88 valence electrons. The standard InChI is InChI=1S/C13H10ClFOS/c14-13-9(4-3-5-10(13)15)8-17-12-7-2-1-6-11(12)16/h1-7,16H,8H2. The van der Waals surface area contributed by atoms with Gasteiger partial charge in [-0.05, 0) is 23.8 Å². The Morgan fingerprint density at radius 2 is 1.88 bits per heavy atom. The molecule has 0 aliphatic rings. The topological polar surface area (TPSA) is 20.2 Å². The smallest absolute Gasteiger partial charge is 0.142 e. The summed E-state index contributed by atoms with van der Waals surface area (Å²) < 4.78 is 13.2. The first-order valence-corrected chi connectivity index (χ1v) is 6.38. The zero-order chi connectivity index (χ0) is 12.3. The Morgan fingerprint density at radius 1 is 1.12 bits per heavy atom. The van der Waals surface area contributed by atoms with Gasteiger partial charge in [-0.1, -0.05) is 35.9 Å².